The van der Waals surface area contributed by atoms with Gasteiger partial charge in [0, 0.05) is 36.8 Å². The van der Waals surface area contributed by atoms with Crippen LogP contribution in [0.25, 0.3) is 0 Å². The zero-order chi connectivity index (χ0) is 13.5. The lowest BCUT2D eigenvalue weighted by atomic mass is 9.87. The Labute approximate surface area is 112 Å². The van der Waals surface area contributed by atoms with Crippen molar-refractivity contribution in [2.45, 2.75) is 19.8 Å². The molecule has 19 heavy (non-hydrogen) atoms. The normalized spacial score (nSPS) is 26.3. The summed E-state index contributed by atoms with van der Waals surface area (Å²) < 4.78 is 0. The van der Waals surface area contributed by atoms with Gasteiger partial charge >= 0.3 is 5.69 Å². The molecule has 1 aromatic rings. The molecular formula is C13H18N4O2. The van der Waals surface area contributed by atoms with E-state index in [9.17, 15) is 10.1 Å². The van der Waals surface area contributed by atoms with E-state index in [1.165, 1.54) is 0 Å². The fraction of sp³-hybridized carbons (Fsp3) is 0.615. The average Bonchev–Trinajstić information content (AvgIpc) is 2.99. The SMILES string of the molecule is Cc1ccnc(N2CCC3(CCNC3)C2)c1[N+](=O)[O-]. The van der Waals surface area contributed by atoms with Gasteiger partial charge in [0.05, 0.1) is 4.92 Å². The van der Waals surface area contributed by atoms with E-state index in [1.54, 1.807) is 19.2 Å². The molecule has 0 radical (unpaired) electrons. The molecule has 0 aliphatic carbocycles. The predicted octanol–water partition coefficient (Wildman–Crippen LogP) is 1.49. The fourth-order valence-electron chi connectivity index (χ4n) is 3.25. The Bertz CT molecular complexity index is 511. The monoisotopic (exact) mass is 262 g/mol. The Morgan fingerprint density at radius 3 is 3.05 bits per heavy atom. The van der Waals surface area contributed by atoms with Crippen LogP contribution in [0.1, 0.15) is 18.4 Å². The molecule has 6 nitrogen and oxygen atoms in total. The highest BCUT2D eigenvalue weighted by molar-refractivity contribution is 5.62. The number of pyridine rings is 1. The number of nitrogens with zero attached hydrogens (tertiary/aromatic N) is 3. The van der Waals surface area contributed by atoms with E-state index in [2.05, 4.69) is 15.2 Å². The smallest absolute Gasteiger partial charge is 0.314 e. The highest BCUT2D eigenvalue weighted by atomic mass is 16.6. The standard InChI is InChI=1S/C13H18N4O2/c1-10-2-5-15-12(11(10)17(18)19)16-7-4-13(9-16)3-6-14-8-13/h2,5,14H,3-4,6-9H2,1H3. The number of aryl methyl sites for hydroxylation is 1. The van der Waals surface area contributed by atoms with Crippen molar-refractivity contribution in [1.29, 1.82) is 0 Å². The molecule has 1 N–H and O–H groups in total. The third kappa shape index (κ3) is 2.06. The summed E-state index contributed by atoms with van der Waals surface area (Å²) in [7, 11) is 0. The Morgan fingerprint density at radius 2 is 2.37 bits per heavy atom. The minimum atomic E-state index is -0.310. The largest absolute Gasteiger partial charge is 0.350 e. The molecule has 3 heterocycles. The summed E-state index contributed by atoms with van der Waals surface area (Å²) in [6.07, 6.45) is 3.91. The summed E-state index contributed by atoms with van der Waals surface area (Å²) in [5, 5.41) is 14.6. The van der Waals surface area contributed by atoms with Gasteiger partial charge in [0.15, 0.2) is 0 Å². The molecule has 1 spiro atoms. The highest BCUT2D eigenvalue weighted by Crippen LogP contribution is 2.40. The van der Waals surface area contributed by atoms with Gasteiger partial charge < -0.3 is 10.2 Å². The first-order chi connectivity index (χ1) is 9.11. The van der Waals surface area contributed by atoms with Crippen molar-refractivity contribution in [3.8, 4) is 0 Å². The second-order valence-corrected chi connectivity index (χ2v) is 5.66. The van der Waals surface area contributed by atoms with Gasteiger partial charge in [0.1, 0.15) is 0 Å². The van der Waals surface area contributed by atoms with E-state index in [1.807, 2.05) is 0 Å². The molecule has 2 aliphatic rings. The van der Waals surface area contributed by atoms with Crippen LogP contribution in [-0.4, -0.2) is 36.1 Å². The Kier molecular flexibility index (Phi) is 2.89. The molecule has 1 aromatic heterocycles. The number of aromatic nitrogens is 1. The van der Waals surface area contributed by atoms with Gasteiger partial charge in [-0.25, -0.2) is 4.98 Å². The van der Waals surface area contributed by atoms with Crippen LogP contribution in [0.15, 0.2) is 12.3 Å². The van der Waals surface area contributed by atoms with Crippen LogP contribution in [0.2, 0.25) is 0 Å². The molecule has 1 atom stereocenters. The average molecular weight is 262 g/mol. The number of hydrogen-bond acceptors (Lipinski definition) is 5. The van der Waals surface area contributed by atoms with Gasteiger partial charge in [-0.15, -0.1) is 0 Å². The quantitative estimate of drug-likeness (QED) is 0.646. The number of nitro groups is 1. The van der Waals surface area contributed by atoms with Gasteiger partial charge in [-0.3, -0.25) is 10.1 Å². The molecule has 2 aliphatic heterocycles. The molecule has 0 bridgehead atoms. The van der Waals surface area contributed by atoms with Crippen molar-refractivity contribution >= 4 is 11.5 Å². The lowest BCUT2D eigenvalue weighted by Gasteiger charge is -2.23. The number of nitrogens with one attached hydrogen (secondary N) is 1. The third-order valence-corrected chi connectivity index (χ3v) is 4.36. The number of hydrogen-bond donors (Lipinski definition) is 1. The maximum atomic E-state index is 11.2. The van der Waals surface area contributed by atoms with E-state index in [0.29, 0.717) is 16.8 Å². The maximum absolute atomic E-state index is 11.2. The van der Waals surface area contributed by atoms with Crippen LogP contribution in [0.3, 0.4) is 0 Å². The van der Waals surface area contributed by atoms with E-state index in [0.717, 1.165) is 39.0 Å². The fourth-order valence-corrected chi connectivity index (χ4v) is 3.25. The molecule has 1 unspecified atom stereocenters. The molecule has 2 saturated heterocycles. The second kappa shape index (κ2) is 4.45. The minimum absolute atomic E-state index is 0.158. The van der Waals surface area contributed by atoms with Crippen molar-refractivity contribution < 1.29 is 4.92 Å². The molecule has 6 heteroatoms. The maximum Gasteiger partial charge on any atom is 0.314 e. The van der Waals surface area contributed by atoms with Crippen LogP contribution >= 0.6 is 0 Å². The first-order valence-electron chi connectivity index (χ1n) is 6.67. The summed E-state index contributed by atoms with van der Waals surface area (Å²) in [6.45, 7) is 5.57. The Morgan fingerprint density at radius 1 is 1.53 bits per heavy atom. The molecule has 2 fully saturated rings. The zero-order valence-corrected chi connectivity index (χ0v) is 11.1. The van der Waals surface area contributed by atoms with Crippen molar-refractivity contribution in [3.05, 3.63) is 27.9 Å². The predicted molar refractivity (Wildman–Crippen MR) is 72.4 cm³/mol. The second-order valence-electron chi connectivity index (χ2n) is 5.66. The molecule has 0 saturated carbocycles. The lowest BCUT2D eigenvalue weighted by molar-refractivity contribution is -0.384. The Hall–Kier alpha value is -1.69. The minimum Gasteiger partial charge on any atom is -0.350 e. The van der Waals surface area contributed by atoms with E-state index in [-0.39, 0.29) is 10.6 Å². The molecular weight excluding hydrogens is 244 g/mol. The van der Waals surface area contributed by atoms with Crippen LogP contribution in [0, 0.1) is 22.5 Å². The van der Waals surface area contributed by atoms with Crippen LogP contribution in [0.5, 0.6) is 0 Å². The van der Waals surface area contributed by atoms with Crippen LogP contribution < -0.4 is 10.2 Å². The van der Waals surface area contributed by atoms with E-state index >= 15 is 0 Å². The molecule has 3 rings (SSSR count). The number of anilines is 1. The summed E-state index contributed by atoms with van der Waals surface area (Å²) in [6, 6.07) is 1.70. The van der Waals surface area contributed by atoms with Crippen molar-refractivity contribution in [2.75, 3.05) is 31.1 Å². The zero-order valence-electron chi connectivity index (χ0n) is 11.1. The van der Waals surface area contributed by atoms with Gasteiger partial charge in [0.25, 0.3) is 0 Å². The van der Waals surface area contributed by atoms with Crippen molar-refractivity contribution in [3.63, 3.8) is 0 Å². The summed E-state index contributed by atoms with van der Waals surface area (Å²) >= 11 is 0. The van der Waals surface area contributed by atoms with Crippen molar-refractivity contribution in [1.82, 2.24) is 10.3 Å². The van der Waals surface area contributed by atoms with E-state index < -0.39 is 0 Å². The first kappa shape index (κ1) is 12.3. The van der Waals surface area contributed by atoms with E-state index in [4.69, 9.17) is 0 Å². The summed E-state index contributed by atoms with van der Waals surface area (Å²) in [4.78, 5) is 17.3. The summed E-state index contributed by atoms with van der Waals surface area (Å²) in [5.74, 6) is 0.536. The summed E-state index contributed by atoms with van der Waals surface area (Å²) in [5.41, 5.74) is 1.13. The highest BCUT2D eigenvalue weighted by Gasteiger charge is 2.42. The van der Waals surface area contributed by atoms with Crippen LogP contribution in [0.4, 0.5) is 11.5 Å². The van der Waals surface area contributed by atoms with Gasteiger partial charge in [-0.2, -0.15) is 0 Å². The van der Waals surface area contributed by atoms with Crippen LogP contribution in [-0.2, 0) is 0 Å². The molecule has 0 aromatic carbocycles. The van der Waals surface area contributed by atoms with Crippen molar-refractivity contribution in [2.24, 2.45) is 5.41 Å². The first-order valence-corrected chi connectivity index (χ1v) is 6.67. The van der Waals surface area contributed by atoms with Gasteiger partial charge in [-0.1, -0.05) is 0 Å². The Balaban J connectivity index is 1.91. The topological polar surface area (TPSA) is 71.3 Å². The lowest BCUT2D eigenvalue weighted by Crippen LogP contribution is -2.29. The van der Waals surface area contributed by atoms with Gasteiger partial charge in [0.2, 0.25) is 5.82 Å². The van der Waals surface area contributed by atoms with Gasteiger partial charge in [-0.05, 0) is 32.4 Å². The number of rotatable bonds is 2. The third-order valence-electron chi connectivity index (χ3n) is 4.36. The molecule has 0 amide bonds. The molecule has 102 valence electrons.